The molecule has 0 aliphatic heterocycles. The molecule has 0 amide bonds. The Morgan fingerprint density at radius 3 is 2.64 bits per heavy atom. The van der Waals surface area contributed by atoms with E-state index in [4.69, 9.17) is 10.5 Å². The monoisotopic (exact) mass is 192 g/mol. The standard InChI is InChI=1S/C11H16N2O/c1-11(3-4-11)13-9-5-8(12)6-10(7-9)14-2/h5-7,13H,3-4,12H2,1-2H3. The Morgan fingerprint density at radius 1 is 1.36 bits per heavy atom. The van der Waals surface area contributed by atoms with Gasteiger partial charge in [0, 0.05) is 29.0 Å². The second kappa shape index (κ2) is 3.08. The first-order chi connectivity index (χ1) is 6.61. The number of hydrogen-bond acceptors (Lipinski definition) is 3. The van der Waals surface area contributed by atoms with E-state index in [2.05, 4.69) is 12.2 Å². The van der Waals surface area contributed by atoms with Crippen molar-refractivity contribution in [3.63, 3.8) is 0 Å². The largest absolute Gasteiger partial charge is 0.497 e. The van der Waals surface area contributed by atoms with Crippen LogP contribution in [-0.4, -0.2) is 12.6 Å². The normalized spacial score (nSPS) is 17.6. The summed E-state index contributed by atoms with van der Waals surface area (Å²) in [5.74, 6) is 0.803. The Hall–Kier alpha value is -1.38. The molecule has 0 spiro atoms. The molecule has 0 saturated heterocycles. The first-order valence-corrected chi connectivity index (χ1v) is 4.84. The highest BCUT2D eigenvalue weighted by Gasteiger charge is 2.37. The number of nitrogen functional groups attached to an aromatic ring is 1. The highest BCUT2D eigenvalue weighted by atomic mass is 16.5. The lowest BCUT2D eigenvalue weighted by Gasteiger charge is -2.14. The smallest absolute Gasteiger partial charge is 0.122 e. The van der Waals surface area contributed by atoms with Crippen LogP contribution < -0.4 is 15.8 Å². The first kappa shape index (κ1) is 9.19. The van der Waals surface area contributed by atoms with Crippen molar-refractivity contribution in [2.45, 2.75) is 25.3 Å². The Bertz CT molecular complexity index is 345. The van der Waals surface area contributed by atoms with Gasteiger partial charge in [-0.1, -0.05) is 0 Å². The van der Waals surface area contributed by atoms with Crippen LogP contribution in [0.5, 0.6) is 5.75 Å². The molecule has 14 heavy (non-hydrogen) atoms. The van der Waals surface area contributed by atoms with Crippen molar-refractivity contribution < 1.29 is 4.74 Å². The minimum atomic E-state index is 0.277. The van der Waals surface area contributed by atoms with Gasteiger partial charge < -0.3 is 15.8 Å². The van der Waals surface area contributed by atoms with Gasteiger partial charge in [-0.15, -0.1) is 0 Å². The molecular weight excluding hydrogens is 176 g/mol. The Kier molecular flexibility index (Phi) is 2.02. The molecule has 0 heterocycles. The van der Waals surface area contributed by atoms with Crippen LogP contribution in [0.25, 0.3) is 0 Å². The number of ether oxygens (including phenoxy) is 1. The maximum atomic E-state index is 5.75. The van der Waals surface area contributed by atoms with Gasteiger partial charge in [-0.3, -0.25) is 0 Å². The topological polar surface area (TPSA) is 47.3 Å². The van der Waals surface area contributed by atoms with Crippen LogP contribution in [0.3, 0.4) is 0 Å². The van der Waals surface area contributed by atoms with Crippen molar-refractivity contribution >= 4 is 11.4 Å². The average molecular weight is 192 g/mol. The van der Waals surface area contributed by atoms with Crippen LogP contribution in [0.4, 0.5) is 11.4 Å². The van der Waals surface area contributed by atoms with Gasteiger partial charge in [0.2, 0.25) is 0 Å². The predicted octanol–water partition coefficient (Wildman–Crippen LogP) is 2.24. The van der Waals surface area contributed by atoms with E-state index in [9.17, 15) is 0 Å². The van der Waals surface area contributed by atoms with E-state index in [1.807, 2.05) is 18.2 Å². The Labute approximate surface area is 84.3 Å². The molecule has 3 N–H and O–H groups in total. The average Bonchev–Trinajstić information content (AvgIpc) is 2.82. The molecule has 0 aromatic heterocycles. The van der Waals surface area contributed by atoms with Gasteiger partial charge >= 0.3 is 0 Å². The van der Waals surface area contributed by atoms with E-state index in [0.29, 0.717) is 0 Å². The van der Waals surface area contributed by atoms with Crippen molar-refractivity contribution in [1.29, 1.82) is 0 Å². The highest BCUT2D eigenvalue weighted by Crippen LogP contribution is 2.39. The number of methoxy groups -OCH3 is 1. The Balaban J connectivity index is 2.20. The zero-order valence-corrected chi connectivity index (χ0v) is 8.63. The van der Waals surface area contributed by atoms with Crippen molar-refractivity contribution in [3.05, 3.63) is 18.2 Å². The molecule has 0 radical (unpaired) electrons. The first-order valence-electron chi connectivity index (χ1n) is 4.84. The lowest BCUT2D eigenvalue weighted by Crippen LogP contribution is -2.15. The van der Waals surface area contributed by atoms with Gasteiger partial charge in [0.05, 0.1) is 7.11 Å². The summed E-state index contributed by atoms with van der Waals surface area (Å²) < 4.78 is 5.15. The minimum absolute atomic E-state index is 0.277. The molecule has 0 bridgehead atoms. The molecule has 76 valence electrons. The molecule has 3 nitrogen and oxygen atoms in total. The summed E-state index contributed by atoms with van der Waals surface area (Å²) in [5.41, 5.74) is 7.81. The number of nitrogens with two attached hydrogens (primary N) is 1. The van der Waals surface area contributed by atoms with Crippen molar-refractivity contribution in [1.82, 2.24) is 0 Å². The van der Waals surface area contributed by atoms with Crippen LogP contribution >= 0.6 is 0 Å². The van der Waals surface area contributed by atoms with E-state index < -0.39 is 0 Å². The van der Waals surface area contributed by atoms with Crippen molar-refractivity contribution in [3.8, 4) is 5.75 Å². The summed E-state index contributed by atoms with van der Waals surface area (Å²) in [7, 11) is 1.65. The summed E-state index contributed by atoms with van der Waals surface area (Å²) in [4.78, 5) is 0. The van der Waals surface area contributed by atoms with Crippen molar-refractivity contribution in [2.75, 3.05) is 18.2 Å². The highest BCUT2D eigenvalue weighted by molar-refractivity contribution is 5.60. The van der Waals surface area contributed by atoms with E-state index in [1.165, 1.54) is 12.8 Å². The van der Waals surface area contributed by atoms with Gasteiger partial charge in [-0.2, -0.15) is 0 Å². The maximum absolute atomic E-state index is 5.75. The molecule has 0 unspecified atom stereocenters. The van der Waals surface area contributed by atoms with E-state index in [1.54, 1.807) is 7.11 Å². The third-order valence-corrected chi connectivity index (χ3v) is 2.61. The van der Waals surface area contributed by atoms with Crippen LogP contribution in [0.1, 0.15) is 19.8 Å². The SMILES string of the molecule is COc1cc(N)cc(NC2(C)CC2)c1. The summed E-state index contributed by atoms with van der Waals surface area (Å²) in [6, 6.07) is 5.73. The van der Waals surface area contributed by atoms with Crippen LogP contribution in [0, 0.1) is 0 Å². The van der Waals surface area contributed by atoms with Crippen molar-refractivity contribution in [2.24, 2.45) is 0 Å². The second-order valence-corrected chi connectivity index (χ2v) is 4.18. The van der Waals surface area contributed by atoms with E-state index in [0.717, 1.165) is 17.1 Å². The molecule has 1 aliphatic rings. The number of nitrogens with one attached hydrogen (secondary N) is 1. The fourth-order valence-electron chi connectivity index (χ4n) is 1.47. The molecule has 0 atom stereocenters. The molecule has 1 saturated carbocycles. The molecule has 1 aliphatic carbocycles. The summed E-state index contributed by atoms with van der Waals surface area (Å²) in [5, 5.41) is 3.45. The molecule has 1 aromatic carbocycles. The fourth-order valence-corrected chi connectivity index (χ4v) is 1.47. The van der Waals surface area contributed by atoms with Crippen LogP contribution in [0.2, 0.25) is 0 Å². The lowest BCUT2D eigenvalue weighted by molar-refractivity contribution is 0.415. The summed E-state index contributed by atoms with van der Waals surface area (Å²) in [6.07, 6.45) is 2.45. The van der Waals surface area contributed by atoms with E-state index >= 15 is 0 Å². The van der Waals surface area contributed by atoms with E-state index in [-0.39, 0.29) is 5.54 Å². The maximum Gasteiger partial charge on any atom is 0.122 e. The van der Waals surface area contributed by atoms with Gasteiger partial charge in [-0.05, 0) is 25.8 Å². The number of rotatable bonds is 3. The molecule has 1 aromatic rings. The van der Waals surface area contributed by atoms with Gasteiger partial charge in [0.25, 0.3) is 0 Å². The quantitative estimate of drug-likeness (QED) is 0.722. The van der Waals surface area contributed by atoms with Gasteiger partial charge in [0.15, 0.2) is 0 Å². The predicted molar refractivity (Wildman–Crippen MR) is 58.7 cm³/mol. The Morgan fingerprint density at radius 2 is 2.07 bits per heavy atom. The zero-order valence-electron chi connectivity index (χ0n) is 8.63. The molecular formula is C11H16N2O. The number of anilines is 2. The minimum Gasteiger partial charge on any atom is -0.497 e. The van der Waals surface area contributed by atoms with Gasteiger partial charge in [-0.25, -0.2) is 0 Å². The third-order valence-electron chi connectivity index (χ3n) is 2.61. The van der Waals surface area contributed by atoms with Gasteiger partial charge in [0.1, 0.15) is 5.75 Å². The molecule has 2 rings (SSSR count). The molecule has 1 fully saturated rings. The third kappa shape index (κ3) is 1.92. The second-order valence-electron chi connectivity index (χ2n) is 4.18. The van der Waals surface area contributed by atoms with Crippen LogP contribution in [0.15, 0.2) is 18.2 Å². The van der Waals surface area contributed by atoms with Crippen LogP contribution in [-0.2, 0) is 0 Å². The zero-order chi connectivity index (χ0) is 10.2. The number of benzene rings is 1. The summed E-state index contributed by atoms with van der Waals surface area (Å²) in [6.45, 7) is 2.21. The molecule has 3 heteroatoms. The fraction of sp³-hybridized carbons (Fsp3) is 0.455. The summed E-state index contributed by atoms with van der Waals surface area (Å²) >= 11 is 0. The lowest BCUT2D eigenvalue weighted by atomic mass is 10.2. The number of hydrogen-bond donors (Lipinski definition) is 2.